The SMILES string of the molecule is C/C=C/CCC1COC(c2ccc(-c3ccc(-c4cc(F)c(C(F)(F)Oc5ccc(OC(F)F)c(F)c5)c(F)c4)c(F)c3)cc2)OC1. The lowest BCUT2D eigenvalue weighted by atomic mass is 9.97. The zero-order valence-electron chi connectivity index (χ0n) is 24.8. The van der Waals surface area contributed by atoms with E-state index >= 15 is 4.39 Å². The third kappa shape index (κ3) is 8.12. The number of allylic oxidation sites excluding steroid dienone is 2. The van der Waals surface area contributed by atoms with Crippen molar-refractivity contribution in [1.82, 2.24) is 0 Å². The molecule has 0 saturated carbocycles. The first-order chi connectivity index (χ1) is 22.4. The second-order valence-corrected chi connectivity index (χ2v) is 10.7. The molecule has 0 atom stereocenters. The first kappa shape index (κ1) is 33.9. The lowest BCUT2D eigenvalue weighted by Crippen LogP contribution is -2.27. The maximum Gasteiger partial charge on any atom is 0.432 e. The number of rotatable bonds is 11. The van der Waals surface area contributed by atoms with Gasteiger partial charge in [-0.2, -0.15) is 17.6 Å². The highest BCUT2D eigenvalue weighted by Crippen LogP contribution is 2.39. The summed E-state index contributed by atoms with van der Waals surface area (Å²) in [6, 6.07) is 13.5. The highest BCUT2D eigenvalue weighted by atomic mass is 19.3. The van der Waals surface area contributed by atoms with Crippen LogP contribution >= 0.6 is 0 Å². The van der Waals surface area contributed by atoms with Gasteiger partial charge in [0.2, 0.25) is 0 Å². The van der Waals surface area contributed by atoms with Crippen molar-refractivity contribution in [3.8, 4) is 33.8 Å². The van der Waals surface area contributed by atoms with E-state index in [4.69, 9.17) is 9.47 Å². The highest BCUT2D eigenvalue weighted by Gasteiger charge is 2.41. The van der Waals surface area contributed by atoms with Gasteiger partial charge in [0.25, 0.3) is 0 Å². The molecule has 1 heterocycles. The largest absolute Gasteiger partial charge is 0.432 e. The van der Waals surface area contributed by atoms with Gasteiger partial charge < -0.3 is 18.9 Å². The first-order valence-corrected chi connectivity index (χ1v) is 14.5. The fraction of sp³-hybridized carbons (Fsp3) is 0.257. The molecule has 0 amide bonds. The van der Waals surface area contributed by atoms with Crippen LogP contribution < -0.4 is 9.47 Å². The van der Waals surface area contributed by atoms with Crippen molar-refractivity contribution < 1.29 is 54.1 Å². The Morgan fingerprint density at radius 1 is 0.787 bits per heavy atom. The minimum Gasteiger partial charge on any atom is -0.432 e. The van der Waals surface area contributed by atoms with E-state index in [0.29, 0.717) is 60.6 Å². The van der Waals surface area contributed by atoms with Gasteiger partial charge >= 0.3 is 12.7 Å². The Morgan fingerprint density at radius 2 is 1.43 bits per heavy atom. The smallest absolute Gasteiger partial charge is 0.432 e. The predicted molar refractivity (Wildman–Crippen MR) is 157 cm³/mol. The number of hydrogen-bond acceptors (Lipinski definition) is 4. The van der Waals surface area contributed by atoms with Crippen LogP contribution in [0.4, 0.5) is 35.1 Å². The normalized spacial score (nSPS) is 17.0. The second kappa shape index (κ2) is 14.6. The van der Waals surface area contributed by atoms with Crippen LogP contribution in [0.2, 0.25) is 0 Å². The van der Waals surface area contributed by atoms with E-state index in [2.05, 4.69) is 15.5 Å². The Hall–Kier alpha value is -4.42. The number of hydrogen-bond donors (Lipinski definition) is 0. The van der Waals surface area contributed by atoms with E-state index in [0.717, 1.165) is 24.5 Å². The quantitative estimate of drug-likeness (QED) is 0.118. The predicted octanol–water partition coefficient (Wildman–Crippen LogP) is 10.3. The molecule has 0 spiro atoms. The lowest BCUT2D eigenvalue weighted by molar-refractivity contribution is -0.205. The summed E-state index contributed by atoms with van der Waals surface area (Å²) in [6.07, 6.45) is 0.823. The van der Waals surface area contributed by atoms with Gasteiger partial charge in [-0.1, -0.05) is 48.6 Å². The lowest BCUT2D eigenvalue weighted by Gasteiger charge is -2.29. The second-order valence-electron chi connectivity index (χ2n) is 10.7. The Bertz CT molecular complexity index is 1690. The molecule has 5 rings (SSSR count). The topological polar surface area (TPSA) is 36.9 Å². The Balaban J connectivity index is 1.28. The molecule has 4 nitrogen and oxygen atoms in total. The molecule has 47 heavy (non-hydrogen) atoms. The van der Waals surface area contributed by atoms with Gasteiger partial charge in [0.15, 0.2) is 17.9 Å². The summed E-state index contributed by atoms with van der Waals surface area (Å²) in [7, 11) is 0. The maximum absolute atomic E-state index is 15.2. The Labute approximate surface area is 265 Å². The molecule has 4 aromatic carbocycles. The van der Waals surface area contributed by atoms with Crippen LogP contribution in [-0.4, -0.2) is 19.8 Å². The Morgan fingerprint density at radius 3 is 2.02 bits per heavy atom. The molecule has 0 unspecified atom stereocenters. The van der Waals surface area contributed by atoms with Crippen molar-refractivity contribution in [3.05, 3.63) is 119 Å². The van der Waals surface area contributed by atoms with Gasteiger partial charge in [0, 0.05) is 23.1 Å². The van der Waals surface area contributed by atoms with Gasteiger partial charge in [-0.15, -0.1) is 0 Å². The van der Waals surface area contributed by atoms with E-state index in [9.17, 15) is 30.7 Å². The van der Waals surface area contributed by atoms with Gasteiger partial charge in [-0.25, -0.2) is 17.6 Å². The minimum absolute atomic E-state index is 0.261. The summed E-state index contributed by atoms with van der Waals surface area (Å²) in [5.74, 6) is -7.44. The third-order valence-electron chi connectivity index (χ3n) is 7.44. The molecule has 0 aliphatic carbocycles. The fourth-order valence-corrected chi connectivity index (χ4v) is 5.10. The summed E-state index contributed by atoms with van der Waals surface area (Å²) < 4.78 is 133. The molecule has 1 fully saturated rings. The van der Waals surface area contributed by atoms with Crippen molar-refractivity contribution in [3.63, 3.8) is 0 Å². The van der Waals surface area contributed by atoms with E-state index < -0.39 is 59.3 Å². The summed E-state index contributed by atoms with van der Waals surface area (Å²) in [4.78, 5) is 0. The van der Waals surface area contributed by atoms with Crippen molar-refractivity contribution in [1.29, 1.82) is 0 Å². The van der Waals surface area contributed by atoms with Crippen LogP contribution in [0.15, 0.2) is 84.9 Å². The fourth-order valence-electron chi connectivity index (χ4n) is 5.10. The molecule has 1 saturated heterocycles. The molecule has 0 N–H and O–H groups in total. The molecule has 12 heteroatoms. The van der Waals surface area contributed by atoms with Crippen molar-refractivity contribution in [2.45, 2.75) is 38.8 Å². The Kier molecular flexibility index (Phi) is 10.5. The van der Waals surface area contributed by atoms with Crippen LogP contribution in [0.5, 0.6) is 11.5 Å². The van der Waals surface area contributed by atoms with E-state index in [1.54, 1.807) is 24.3 Å². The van der Waals surface area contributed by atoms with Crippen molar-refractivity contribution in [2.75, 3.05) is 13.2 Å². The molecule has 1 aliphatic rings. The maximum atomic E-state index is 15.2. The first-order valence-electron chi connectivity index (χ1n) is 14.5. The summed E-state index contributed by atoms with van der Waals surface area (Å²) in [6.45, 7) is -0.271. The van der Waals surface area contributed by atoms with E-state index in [1.807, 2.05) is 13.0 Å². The molecular weight excluding hydrogens is 636 g/mol. The zero-order valence-corrected chi connectivity index (χ0v) is 24.8. The molecule has 0 radical (unpaired) electrons. The number of ether oxygens (including phenoxy) is 4. The van der Waals surface area contributed by atoms with Crippen LogP contribution in [0.25, 0.3) is 22.3 Å². The van der Waals surface area contributed by atoms with Crippen LogP contribution in [-0.2, 0) is 15.6 Å². The van der Waals surface area contributed by atoms with Crippen LogP contribution in [0, 0.1) is 29.2 Å². The third-order valence-corrected chi connectivity index (χ3v) is 7.44. The van der Waals surface area contributed by atoms with E-state index in [1.165, 1.54) is 12.1 Å². The molecule has 0 aromatic heterocycles. The monoisotopic (exact) mass is 664 g/mol. The highest BCUT2D eigenvalue weighted by molar-refractivity contribution is 5.71. The molecule has 4 aromatic rings. The van der Waals surface area contributed by atoms with Crippen molar-refractivity contribution >= 4 is 0 Å². The minimum atomic E-state index is -4.67. The van der Waals surface area contributed by atoms with Crippen LogP contribution in [0.1, 0.15) is 37.2 Å². The standard InChI is InChI=1S/C35H28F8O4/c1-2-3-4-5-20-18-44-33(45-19-20)22-8-6-21(7-9-22)23-10-12-26(27(36)14-23)24-15-29(38)32(30(39)16-24)35(42,43)47-25-11-13-31(28(37)17-25)46-34(40)41/h2-3,6-17,20,33-34H,4-5,18-19H2,1H3/b3-2+. The molecule has 0 bridgehead atoms. The zero-order chi connectivity index (χ0) is 33.7. The summed E-state index contributed by atoms with van der Waals surface area (Å²) in [5, 5.41) is 0. The number of halogens is 8. The van der Waals surface area contributed by atoms with Crippen molar-refractivity contribution in [2.24, 2.45) is 5.92 Å². The average Bonchev–Trinajstić information content (AvgIpc) is 3.02. The van der Waals surface area contributed by atoms with Gasteiger partial charge in [-0.05, 0) is 66.8 Å². The summed E-state index contributed by atoms with van der Waals surface area (Å²) >= 11 is 0. The molecular formula is C35H28F8O4. The average molecular weight is 665 g/mol. The van der Waals surface area contributed by atoms with Crippen LogP contribution in [0.3, 0.4) is 0 Å². The number of alkyl halides is 4. The van der Waals surface area contributed by atoms with Gasteiger partial charge in [0.1, 0.15) is 28.8 Å². The van der Waals surface area contributed by atoms with E-state index in [-0.39, 0.29) is 11.1 Å². The molecule has 248 valence electrons. The molecule has 1 aliphatic heterocycles. The number of benzene rings is 4. The van der Waals surface area contributed by atoms with Gasteiger partial charge in [0.05, 0.1) is 13.2 Å². The summed E-state index contributed by atoms with van der Waals surface area (Å²) in [5.41, 5.74) is -0.581. The van der Waals surface area contributed by atoms with Gasteiger partial charge in [-0.3, -0.25) is 0 Å².